The summed E-state index contributed by atoms with van der Waals surface area (Å²) in [7, 11) is -3.59. The van der Waals surface area contributed by atoms with Gasteiger partial charge in [0.1, 0.15) is 10.7 Å². The van der Waals surface area contributed by atoms with Crippen molar-refractivity contribution in [2.24, 2.45) is 5.41 Å². The highest BCUT2D eigenvalue weighted by Gasteiger charge is 2.44. The number of rotatable bonds is 9. The lowest BCUT2D eigenvalue weighted by Crippen LogP contribution is -2.21. The van der Waals surface area contributed by atoms with E-state index in [1.165, 1.54) is 11.3 Å². The van der Waals surface area contributed by atoms with Crippen LogP contribution in [0.25, 0.3) is 27.3 Å². The maximum atomic E-state index is 12.6. The first-order chi connectivity index (χ1) is 17.8. The lowest BCUT2D eigenvalue weighted by molar-refractivity contribution is -0.120. The van der Waals surface area contributed by atoms with E-state index in [2.05, 4.69) is 25.2 Å². The molecule has 1 fully saturated rings. The van der Waals surface area contributed by atoms with Gasteiger partial charge in [-0.15, -0.1) is 10.2 Å². The largest absolute Gasteiger partial charge is 0.326 e. The van der Waals surface area contributed by atoms with Crippen LogP contribution in [0.4, 0.5) is 11.4 Å². The van der Waals surface area contributed by atoms with Gasteiger partial charge in [-0.2, -0.15) is 0 Å². The van der Waals surface area contributed by atoms with Crippen LogP contribution < -0.4 is 10.0 Å². The minimum atomic E-state index is -3.59. The van der Waals surface area contributed by atoms with Crippen molar-refractivity contribution in [3.05, 3.63) is 84.6 Å². The van der Waals surface area contributed by atoms with E-state index in [-0.39, 0.29) is 17.1 Å². The molecule has 1 aliphatic rings. The quantitative estimate of drug-likeness (QED) is 0.296. The molecule has 37 heavy (non-hydrogen) atoms. The van der Waals surface area contributed by atoms with E-state index in [4.69, 9.17) is 0 Å². The van der Waals surface area contributed by atoms with Crippen molar-refractivity contribution in [1.82, 2.24) is 15.2 Å². The van der Waals surface area contributed by atoms with Crippen LogP contribution in [0.2, 0.25) is 0 Å². The second-order valence-electron chi connectivity index (χ2n) is 9.13. The minimum Gasteiger partial charge on any atom is -0.326 e. The predicted molar refractivity (Wildman–Crippen MR) is 147 cm³/mol. The van der Waals surface area contributed by atoms with Gasteiger partial charge >= 0.3 is 0 Å². The first kappa shape index (κ1) is 24.8. The fraction of sp³-hybridized carbons (Fsp3) is 0.185. The van der Waals surface area contributed by atoms with E-state index in [1.807, 2.05) is 49.4 Å². The molecule has 10 heteroatoms. The van der Waals surface area contributed by atoms with Crippen LogP contribution in [0.15, 0.2) is 79.0 Å². The number of carbonyl (C=O) groups excluding carboxylic acids is 1. The Morgan fingerprint density at radius 2 is 1.76 bits per heavy atom. The average Bonchev–Trinajstić information content (AvgIpc) is 3.46. The Kier molecular flexibility index (Phi) is 6.86. The first-order valence-electron chi connectivity index (χ1n) is 11.7. The van der Waals surface area contributed by atoms with E-state index >= 15 is 0 Å². The monoisotopic (exact) mass is 531 g/mol. The van der Waals surface area contributed by atoms with Gasteiger partial charge in [0.2, 0.25) is 15.9 Å². The molecule has 0 radical (unpaired) electrons. The number of pyridine rings is 1. The number of aromatic nitrogens is 3. The van der Waals surface area contributed by atoms with Gasteiger partial charge in [-0.05, 0) is 60.9 Å². The molecular weight excluding hydrogens is 506 g/mol. The molecule has 0 saturated heterocycles. The second-order valence-corrected chi connectivity index (χ2v) is 11.9. The van der Waals surface area contributed by atoms with E-state index in [1.54, 1.807) is 42.6 Å². The van der Waals surface area contributed by atoms with Gasteiger partial charge in [-0.3, -0.25) is 14.5 Å². The topological polar surface area (TPSA) is 114 Å². The summed E-state index contributed by atoms with van der Waals surface area (Å²) in [6.45, 7) is 1.93. The van der Waals surface area contributed by atoms with Crippen LogP contribution in [-0.4, -0.2) is 35.3 Å². The van der Waals surface area contributed by atoms with Crippen LogP contribution in [-0.2, 0) is 14.8 Å². The van der Waals surface area contributed by atoms with Crippen LogP contribution in [0.3, 0.4) is 0 Å². The second kappa shape index (κ2) is 10.2. The molecule has 2 N–H and O–H groups in total. The third-order valence-corrected chi connectivity index (χ3v) is 8.21. The highest BCUT2D eigenvalue weighted by Crippen LogP contribution is 2.45. The molecule has 8 nitrogen and oxygen atoms in total. The van der Waals surface area contributed by atoms with Crippen molar-refractivity contribution in [1.29, 1.82) is 0 Å². The van der Waals surface area contributed by atoms with Crippen LogP contribution in [0.1, 0.15) is 25.3 Å². The van der Waals surface area contributed by atoms with Gasteiger partial charge in [0.15, 0.2) is 5.01 Å². The van der Waals surface area contributed by atoms with Gasteiger partial charge in [0.05, 0.1) is 5.75 Å². The van der Waals surface area contributed by atoms with Crippen LogP contribution in [0, 0.1) is 5.41 Å². The molecule has 0 aliphatic heterocycles. The fourth-order valence-corrected chi connectivity index (χ4v) is 5.30. The standard InChI is InChI=1S/C27H25N5O3S2/c1-27(14-15-27)26(33)29-21-10-12-22(13-11-21)32-37(34,35)17-5-7-19-6-4-8-20(18-19)24-30-31-25(36-24)23-9-2-3-16-28-23/h2-13,16,18,32H,14-15,17H2,1H3,(H,29,33). The molecule has 1 amide bonds. The third-order valence-electron chi connectivity index (χ3n) is 6.03. The molecule has 2 aromatic heterocycles. The Bertz CT molecular complexity index is 1540. The maximum absolute atomic E-state index is 12.6. The highest BCUT2D eigenvalue weighted by molar-refractivity contribution is 7.92. The molecule has 1 saturated carbocycles. The number of sulfonamides is 1. The SMILES string of the molecule is CC1(C(=O)Nc2ccc(NS(=O)(=O)CC=Cc3cccc(-c4nnc(-c5ccccn5)s4)c3)cc2)CC1. The van der Waals surface area contributed by atoms with Gasteiger partial charge in [0, 0.05) is 28.6 Å². The summed E-state index contributed by atoms with van der Waals surface area (Å²) < 4.78 is 27.7. The van der Waals surface area contributed by atoms with Crippen molar-refractivity contribution >= 4 is 44.7 Å². The normalized spacial score (nSPS) is 14.4. The predicted octanol–water partition coefficient (Wildman–Crippen LogP) is 5.46. The molecule has 5 rings (SSSR count). The molecular formula is C27H25N5O3S2. The Balaban J connectivity index is 1.19. The van der Waals surface area contributed by atoms with E-state index in [0.717, 1.165) is 39.7 Å². The number of anilines is 2. The molecule has 4 aromatic rings. The number of hydrogen-bond acceptors (Lipinski definition) is 7. The summed E-state index contributed by atoms with van der Waals surface area (Å²) in [6, 6.07) is 20.0. The summed E-state index contributed by atoms with van der Waals surface area (Å²) >= 11 is 1.45. The van der Waals surface area contributed by atoms with Crippen molar-refractivity contribution in [3.8, 4) is 21.3 Å². The molecule has 0 atom stereocenters. The Morgan fingerprint density at radius 1 is 1.00 bits per heavy atom. The van der Waals surface area contributed by atoms with Crippen molar-refractivity contribution < 1.29 is 13.2 Å². The Hall–Kier alpha value is -3.89. The fourth-order valence-electron chi connectivity index (χ4n) is 3.56. The first-order valence-corrected chi connectivity index (χ1v) is 14.2. The Labute approximate surface area is 219 Å². The summed E-state index contributed by atoms with van der Waals surface area (Å²) in [5.41, 5.74) is 3.32. The zero-order valence-electron chi connectivity index (χ0n) is 20.1. The third kappa shape index (κ3) is 6.28. The number of hydrogen-bond donors (Lipinski definition) is 2. The summed E-state index contributed by atoms with van der Waals surface area (Å²) in [5.74, 6) is -0.189. The number of amides is 1. The van der Waals surface area contributed by atoms with Crippen molar-refractivity contribution in [2.75, 3.05) is 15.8 Å². The molecule has 0 bridgehead atoms. The molecule has 2 aromatic carbocycles. The van der Waals surface area contributed by atoms with Crippen LogP contribution >= 0.6 is 11.3 Å². The van der Waals surface area contributed by atoms with Crippen molar-refractivity contribution in [3.63, 3.8) is 0 Å². The number of nitrogens with zero attached hydrogens (tertiary/aromatic N) is 3. The van der Waals surface area contributed by atoms with E-state index in [0.29, 0.717) is 11.4 Å². The Morgan fingerprint density at radius 3 is 2.49 bits per heavy atom. The zero-order chi connectivity index (χ0) is 25.9. The summed E-state index contributed by atoms with van der Waals surface area (Å²) in [6.07, 6.45) is 6.87. The minimum absolute atomic E-state index is 0.00481. The number of carbonyl (C=O) groups is 1. The summed E-state index contributed by atoms with van der Waals surface area (Å²) in [5, 5.41) is 12.9. The molecule has 188 valence electrons. The van der Waals surface area contributed by atoms with Gasteiger partial charge in [0.25, 0.3) is 0 Å². The van der Waals surface area contributed by atoms with Gasteiger partial charge in [-0.25, -0.2) is 8.42 Å². The molecule has 2 heterocycles. The number of benzene rings is 2. The lowest BCUT2D eigenvalue weighted by Gasteiger charge is -2.11. The van der Waals surface area contributed by atoms with Gasteiger partial charge < -0.3 is 5.32 Å². The highest BCUT2D eigenvalue weighted by atomic mass is 32.2. The molecule has 1 aliphatic carbocycles. The average molecular weight is 532 g/mol. The zero-order valence-corrected chi connectivity index (χ0v) is 21.7. The van der Waals surface area contributed by atoms with Crippen LogP contribution in [0.5, 0.6) is 0 Å². The molecule has 0 unspecified atom stereocenters. The smallest absolute Gasteiger partial charge is 0.236 e. The maximum Gasteiger partial charge on any atom is 0.236 e. The summed E-state index contributed by atoms with van der Waals surface area (Å²) in [4.78, 5) is 16.5. The lowest BCUT2D eigenvalue weighted by atomic mass is 10.1. The number of nitrogens with one attached hydrogen (secondary N) is 2. The van der Waals surface area contributed by atoms with Gasteiger partial charge in [-0.1, -0.05) is 54.7 Å². The van der Waals surface area contributed by atoms with Crippen molar-refractivity contribution in [2.45, 2.75) is 19.8 Å². The van der Waals surface area contributed by atoms with E-state index in [9.17, 15) is 13.2 Å². The van der Waals surface area contributed by atoms with E-state index < -0.39 is 10.0 Å². The molecule has 0 spiro atoms.